The van der Waals surface area contributed by atoms with E-state index in [0.29, 0.717) is 17.5 Å². The van der Waals surface area contributed by atoms with Gasteiger partial charge in [0.05, 0.1) is 11.0 Å². The highest BCUT2D eigenvalue weighted by molar-refractivity contribution is 7.89. The minimum atomic E-state index is -3.83. The third kappa shape index (κ3) is 3.61. The van der Waals surface area contributed by atoms with Crippen molar-refractivity contribution < 1.29 is 17.9 Å². The monoisotopic (exact) mass is 312 g/mol. The maximum absolute atomic E-state index is 12.1. The minimum Gasteiger partial charge on any atom is -0.381 e. The van der Waals surface area contributed by atoms with Crippen molar-refractivity contribution in [3.63, 3.8) is 0 Å². The first-order chi connectivity index (χ1) is 9.85. The molecule has 1 aliphatic carbocycles. The van der Waals surface area contributed by atoms with Crippen LogP contribution in [0.4, 0.5) is 0 Å². The third-order valence-corrected chi connectivity index (χ3v) is 4.77. The Morgan fingerprint density at radius 2 is 2.10 bits per heavy atom. The Balaban J connectivity index is 2.15. The maximum atomic E-state index is 12.1. The van der Waals surface area contributed by atoms with E-state index in [1.165, 1.54) is 6.07 Å². The molecule has 1 saturated carbocycles. The van der Waals surface area contributed by atoms with Crippen LogP contribution in [0.25, 0.3) is 0 Å². The number of carbonyl (C=O) groups is 1. The molecule has 3 N–H and O–H groups in total. The fourth-order valence-electron chi connectivity index (χ4n) is 2.40. The highest BCUT2D eigenvalue weighted by atomic mass is 32.2. The average molecular weight is 312 g/mol. The molecule has 0 aliphatic heterocycles. The topological polar surface area (TPSA) is 98.5 Å². The number of amides is 1. The van der Waals surface area contributed by atoms with Crippen molar-refractivity contribution in [2.24, 2.45) is 5.14 Å². The van der Waals surface area contributed by atoms with Gasteiger partial charge in [-0.3, -0.25) is 4.79 Å². The van der Waals surface area contributed by atoms with E-state index in [2.05, 4.69) is 5.32 Å². The number of methoxy groups -OCH3 is 1. The molecular weight excluding hydrogens is 292 g/mol. The van der Waals surface area contributed by atoms with E-state index in [1.807, 2.05) is 6.92 Å². The molecule has 0 spiro atoms. The first-order valence-electron chi connectivity index (χ1n) is 6.84. The lowest BCUT2D eigenvalue weighted by Crippen LogP contribution is -2.47. The van der Waals surface area contributed by atoms with Crippen LogP contribution in [0.5, 0.6) is 0 Å². The van der Waals surface area contributed by atoms with Crippen LogP contribution < -0.4 is 10.5 Å². The van der Waals surface area contributed by atoms with Crippen LogP contribution in [-0.4, -0.2) is 33.6 Å². The number of hydrogen-bond donors (Lipinski definition) is 2. The molecule has 21 heavy (non-hydrogen) atoms. The summed E-state index contributed by atoms with van der Waals surface area (Å²) in [4.78, 5) is 12.1. The molecule has 1 fully saturated rings. The van der Waals surface area contributed by atoms with E-state index < -0.39 is 10.0 Å². The number of nitrogens with one attached hydrogen (secondary N) is 1. The number of aryl methyl sites for hydroxylation is 1. The molecular formula is C14H20N2O4S. The third-order valence-electron chi connectivity index (χ3n) is 3.78. The van der Waals surface area contributed by atoms with Crippen molar-refractivity contribution in [2.45, 2.75) is 43.2 Å². The van der Waals surface area contributed by atoms with Gasteiger partial charge in [-0.2, -0.15) is 0 Å². The van der Waals surface area contributed by atoms with Gasteiger partial charge in [-0.25, -0.2) is 13.6 Å². The lowest BCUT2D eigenvalue weighted by Gasteiger charge is -2.34. The van der Waals surface area contributed by atoms with Gasteiger partial charge in [-0.05, 0) is 37.0 Å². The SMILES string of the molecule is CCc1ccc(C(=O)NC2CC(OC)C2)cc1S(N)(=O)=O. The van der Waals surface area contributed by atoms with Crippen LogP contribution >= 0.6 is 0 Å². The van der Waals surface area contributed by atoms with Crippen molar-refractivity contribution in [3.8, 4) is 0 Å². The Hall–Kier alpha value is -1.44. The molecule has 0 atom stereocenters. The predicted molar refractivity (Wildman–Crippen MR) is 78.5 cm³/mol. The van der Waals surface area contributed by atoms with E-state index >= 15 is 0 Å². The van der Waals surface area contributed by atoms with Crippen LogP contribution in [0, 0.1) is 0 Å². The molecule has 7 heteroatoms. The number of nitrogens with two attached hydrogens (primary N) is 1. The summed E-state index contributed by atoms with van der Waals surface area (Å²) in [6, 6.07) is 4.67. The molecule has 2 rings (SSSR count). The number of carbonyl (C=O) groups excluding carboxylic acids is 1. The normalized spacial score (nSPS) is 21.7. The summed E-state index contributed by atoms with van der Waals surface area (Å²) in [5.74, 6) is -0.290. The quantitative estimate of drug-likeness (QED) is 0.840. The van der Waals surface area contributed by atoms with Gasteiger partial charge >= 0.3 is 0 Å². The zero-order chi connectivity index (χ0) is 15.6. The second-order valence-corrected chi connectivity index (χ2v) is 6.75. The van der Waals surface area contributed by atoms with Crippen molar-refractivity contribution in [2.75, 3.05) is 7.11 Å². The van der Waals surface area contributed by atoms with Gasteiger partial charge in [0.1, 0.15) is 0 Å². The molecule has 0 bridgehead atoms. The fraction of sp³-hybridized carbons (Fsp3) is 0.500. The molecule has 1 aromatic rings. The molecule has 0 heterocycles. The number of ether oxygens (including phenoxy) is 1. The first-order valence-corrected chi connectivity index (χ1v) is 8.39. The van der Waals surface area contributed by atoms with E-state index in [0.717, 1.165) is 12.8 Å². The van der Waals surface area contributed by atoms with Crippen molar-refractivity contribution >= 4 is 15.9 Å². The second kappa shape index (κ2) is 6.13. The summed E-state index contributed by atoms with van der Waals surface area (Å²) < 4.78 is 28.3. The lowest BCUT2D eigenvalue weighted by atomic mass is 9.89. The highest BCUT2D eigenvalue weighted by Crippen LogP contribution is 2.23. The first kappa shape index (κ1) is 15.9. The largest absolute Gasteiger partial charge is 0.381 e. The summed E-state index contributed by atoms with van der Waals surface area (Å²) >= 11 is 0. The Morgan fingerprint density at radius 3 is 2.62 bits per heavy atom. The number of benzene rings is 1. The molecule has 1 aromatic carbocycles. The van der Waals surface area contributed by atoms with Crippen LogP contribution in [0.1, 0.15) is 35.7 Å². The van der Waals surface area contributed by atoms with Gasteiger partial charge in [0, 0.05) is 18.7 Å². The summed E-state index contributed by atoms with van der Waals surface area (Å²) in [5, 5.41) is 8.06. The average Bonchev–Trinajstić information content (AvgIpc) is 2.40. The van der Waals surface area contributed by atoms with Crippen molar-refractivity contribution in [3.05, 3.63) is 29.3 Å². The Morgan fingerprint density at radius 1 is 1.43 bits per heavy atom. The van der Waals surface area contributed by atoms with Gasteiger partial charge in [0.25, 0.3) is 5.91 Å². The van der Waals surface area contributed by atoms with Crippen molar-refractivity contribution in [1.29, 1.82) is 0 Å². The molecule has 1 amide bonds. The van der Waals surface area contributed by atoms with E-state index in [-0.39, 0.29) is 22.9 Å². The fourth-order valence-corrected chi connectivity index (χ4v) is 3.27. The smallest absolute Gasteiger partial charge is 0.251 e. The standard InChI is InChI=1S/C14H20N2O4S/c1-3-9-4-5-10(6-13(9)21(15,18)19)14(17)16-11-7-12(8-11)20-2/h4-6,11-12H,3,7-8H2,1-2H3,(H,16,17)(H2,15,18,19). The summed E-state index contributed by atoms with van der Waals surface area (Å²) in [5.41, 5.74) is 0.911. The van der Waals surface area contributed by atoms with Gasteiger partial charge in [-0.15, -0.1) is 0 Å². The highest BCUT2D eigenvalue weighted by Gasteiger charge is 2.30. The molecule has 0 saturated heterocycles. The Labute approximate surface area is 124 Å². The molecule has 0 unspecified atom stereocenters. The van der Waals surface area contributed by atoms with Crippen LogP contribution in [0.2, 0.25) is 0 Å². The number of hydrogen-bond acceptors (Lipinski definition) is 4. The van der Waals surface area contributed by atoms with Gasteiger partial charge in [0.2, 0.25) is 10.0 Å². The van der Waals surface area contributed by atoms with Crippen LogP contribution in [0.15, 0.2) is 23.1 Å². The van der Waals surface area contributed by atoms with E-state index in [9.17, 15) is 13.2 Å². The van der Waals surface area contributed by atoms with Crippen molar-refractivity contribution in [1.82, 2.24) is 5.32 Å². The van der Waals surface area contributed by atoms with E-state index in [1.54, 1.807) is 19.2 Å². The lowest BCUT2D eigenvalue weighted by molar-refractivity contribution is 0.0176. The minimum absolute atomic E-state index is 0.0148. The Kier molecular flexibility index (Phi) is 4.65. The number of sulfonamides is 1. The van der Waals surface area contributed by atoms with Gasteiger partial charge < -0.3 is 10.1 Å². The zero-order valence-electron chi connectivity index (χ0n) is 12.1. The summed E-state index contributed by atoms with van der Waals surface area (Å²) in [7, 11) is -2.19. The molecule has 6 nitrogen and oxygen atoms in total. The molecule has 1 aliphatic rings. The molecule has 0 radical (unpaired) electrons. The van der Waals surface area contributed by atoms with E-state index in [4.69, 9.17) is 9.88 Å². The van der Waals surface area contributed by atoms with Crippen LogP contribution in [0.3, 0.4) is 0 Å². The number of rotatable bonds is 5. The number of primary sulfonamides is 1. The predicted octanol–water partition coefficient (Wildman–Crippen LogP) is 0.804. The Bertz CT molecular complexity index is 636. The maximum Gasteiger partial charge on any atom is 0.251 e. The molecule has 116 valence electrons. The second-order valence-electron chi connectivity index (χ2n) is 5.22. The van der Waals surface area contributed by atoms with Crippen LogP contribution in [-0.2, 0) is 21.2 Å². The molecule has 0 aromatic heterocycles. The summed E-state index contributed by atoms with van der Waals surface area (Å²) in [6.45, 7) is 1.84. The van der Waals surface area contributed by atoms with Gasteiger partial charge in [0.15, 0.2) is 0 Å². The van der Waals surface area contributed by atoms with Gasteiger partial charge in [-0.1, -0.05) is 13.0 Å². The summed E-state index contributed by atoms with van der Waals surface area (Å²) in [6.07, 6.45) is 2.28. The zero-order valence-corrected chi connectivity index (χ0v) is 12.9.